The Kier molecular flexibility index (Phi) is 5.11. The molecular weight excluding hydrogens is 378 g/mol. The van der Waals surface area contributed by atoms with Gasteiger partial charge in [-0.3, -0.25) is 4.79 Å². The fraction of sp³-hybridized carbons (Fsp3) is 0.167. The summed E-state index contributed by atoms with van der Waals surface area (Å²) in [6.07, 6.45) is 1.83. The van der Waals surface area contributed by atoms with Gasteiger partial charge in [-0.25, -0.2) is 4.68 Å². The van der Waals surface area contributed by atoms with E-state index in [0.717, 1.165) is 10.6 Å². The van der Waals surface area contributed by atoms with Gasteiger partial charge in [-0.15, -0.1) is 21.5 Å². The summed E-state index contributed by atoms with van der Waals surface area (Å²) < 4.78 is 6.87. The van der Waals surface area contributed by atoms with Crippen LogP contribution >= 0.6 is 11.3 Å². The number of thiophene rings is 1. The first-order chi connectivity index (χ1) is 13.7. The van der Waals surface area contributed by atoms with Crippen LogP contribution in [0, 0.1) is 6.92 Å². The third-order valence-electron chi connectivity index (χ3n) is 3.83. The first-order valence-corrected chi connectivity index (χ1v) is 9.46. The van der Waals surface area contributed by atoms with E-state index in [4.69, 9.17) is 4.52 Å². The molecule has 0 atom stereocenters. The maximum atomic E-state index is 12.1. The third kappa shape index (κ3) is 4.07. The molecule has 0 bridgehead atoms. The zero-order valence-electron chi connectivity index (χ0n) is 15.0. The molecule has 0 aromatic carbocycles. The Morgan fingerprint density at radius 2 is 2.14 bits per heavy atom. The molecule has 0 radical (unpaired) electrons. The van der Waals surface area contributed by atoms with E-state index < -0.39 is 0 Å². The second-order valence-electron chi connectivity index (χ2n) is 5.91. The van der Waals surface area contributed by atoms with Crippen molar-refractivity contribution in [2.24, 2.45) is 0 Å². The van der Waals surface area contributed by atoms with Gasteiger partial charge in [0.25, 0.3) is 5.91 Å². The number of aromatic nitrogens is 5. The third-order valence-corrected chi connectivity index (χ3v) is 4.72. The average molecular weight is 395 g/mol. The predicted octanol–water partition coefficient (Wildman–Crippen LogP) is 2.53. The van der Waals surface area contributed by atoms with Crippen molar-refractivity contribution in [1.82, 2.24) is 30.5 Å². The molecule has 1 amide bonds. The number of carbonyl (C=O) groups excluding carboxylic acids is 1. The molecular formula is C18H17N7O2S. The summed E-state index contributed by atoms with van der Waals surface area (Å²) in [5, 5.41) is 24.2. The number of hydrogen-bond donors (Lipinski definition) is 2. The highest BCUT2D eigenvalue weighted by molar-refractivity contribution is 7.13. The van der Waals surface area contributed by atoms with E-state index in [-0.39, 0.29) is 11.6 Å². The summed E-state index contributed by atoms with van der Waals surface area (Å²) in [6, 6.07) is 11.0. The van der Waals surface area contributed by atoms with Crippen molar-refractivity contribution < 1.29 is 9.32 Å². The smallest absolute Gasteiger partial charge is 0.273 e. The zero-order valence-corrected chi connectivity index (χ0v) is 15.8. The first kappa shape index (κ1) is 17.9. The largest absolute Gasteiger partial charge is 0.367 e. The lowest BCUT2D eigenvalue weighted by Crippen LogP contribution is -2.29. The summed E-state index contributed by atoms with van der Waals surface area (Å²) in [7, 11) is 0. The summed E-state index contributed by atoms with van der Waals surface area (Å²) in [6.45, 7) is 2.81. The fourth-order valence-corrected chi connectivity index (χ4v) is 3.13. The van der Waals surface area contributed by atoms with Crippen molar-refractivity contribution in [3.63, 3.8) is 0 Å². The highest BCUT2D eigenvalue weighted by Crippen LogP contribution is 2.24. The molecule has 4 aromatic rings. The monoisotopic (exact) mass is 395 g/mol. The fourth-order valence-electron chi connectivity index (χ4n) is 2.46. The summed E-state index contributed by atoms with van der Waals surface area (Å²) >= 11 is 1.53. The molecule has 4 aromatic heterocycles. The molecule has 142 valence electrons. The molecule has 28 heavy (non-hydrogen) atoms. The summed E-state index contributed by atoms with van der Waals surface area (Å²) in [5.41, 5.74) is 1.16. The standard InChI is InChI=1S/C18H17N7O2S/c1-12-6-9-25(23-12)17-5-4-16(21-22-17)19-7-8-20-18(26)13-11-14(27-24-13)15-3-2-10-28-15/h2-6,9-11H,7-8H2,1H3,(H,19,21)(H,20,26). The Morgan fingerprint density at radius 3 is 2.86 bits per heavy atom. The Morgan fingerprint density at radius 1 is 1.21 bits per heavy atom. The Balaban J connectivity index is 1.25. The van der Waals surface area contributed by atoms with Crippen molar-refractivity contribution in [2.45, 2.75) is 6.92 Å². The summed E-state index contributed by atoms with van der Waals surface area (Å²) in [5.74, 6) is 1.55. The number of anilines is 1. The van der Waals surface area contributed by atoms with E-state index in [1.807, 2.05) is 48.8 Å². The zero-order chi connectivity index (χ0) is 19.3. The number of rotatable bonds is 7. The van der Waals surface area contributed by atoms with Crippen molar-refractivity contribution in [3.05, 3.63) is 59.4 Å². The lowest BCUT2D eigenvalue weighted by molar-refractivity contribution is 0.0946. The van der Waals surface area contributed by atoms with E-state index in [2.05, 4.69) is 31.1 Å². The topological polar surface area (TPSA) is 111 Å². The van der Waals surface area contributed by atoms with Gasteiger partial charge in [-0.05, 0) is 36.6 Å². The lowest BCUT2D eigenvalue weighted by atomic mass is 10.3. The molecule has 4 heterocycles. The van der Waals surface area contributed by atoms with Gasteiger partial charge in [0.15, 0.2) is 17.3 Å². The Bertz CT molecular complexity index is 1050. The van der Waals surface area contributed by atoms with Gasteiger partial charge in [0.05, 0.1) is 10.6 Å². The lowest BCUT2D eigenvalue weighted by Gasteiger charge is -2.06. The molecule has 0 fully saturated rings. The van der Waals surface area contributed by atoms with Gasteiger partial charge in [0, 0.05) is 25.4 Å². The number of amides is 1. The normalized spacial score (nSPS) is 10.8. The van der Waals surface area contributed by atoms with Gasteiger partial charge in [-0.1, -0.05) is 11.2 Å². The van der Waals surface area contributed by atoms with Gasteiger partial charge < -0.3 is 15.2 Å². The number of hydrogen-bond acceptors (Lipinski definition) is 8. The minimum atomic E-state index is -0.288. The highest BCUT2D eigenvalue weighted by atomic mass is 32.1. The number of carbonyl (C=O) groups is 1. The van der Waals surface area contributed by atoms with Crippen LogP contribution in [0.4, 0.5) is 5.82 Å². The van der Waals surface area contributed by atoms with Crippen molar-refractivity contribution in [1.29, 1.82) is 0 Å². The Hall–Kier alpha value is -3.53. The van der Waals surface area contributed by atoms with Crippen LogP contribution in [0.5, 0.6) is 0 Å². The van der Waals surface area contributed by atoms with E-state index in [1.54, 1.807) is 10.7 Å². The second kappa shape index (κ2) is 8.01. The minimum absolute atomic E-state index is 0.252. The minimum Gasteiger partial charge on any atom is -0.367 e. The Labute approximate surface area is 164 Å². The SMILES string of the molecule is Cc1ccn(-c2ccc(NCCNC(=O)c3cc(-c4cccs4)on3)nn2)n1. The van der Waals surface area contributed by atoms with Crippen LogP contribution in [0.25, 0.3) is 16.5 Å². The van der Waals surface area contributed by atoms with Gasteiger partial charge in [0.1, 0.15) is 5.82 Å². The molecule has 10 heteroatoms. The van der Waals surface area contributed by atoms with E-state index in [9.17, 15) is 4.79 Å². The maximum absolute atomic E-state index is 12.1. The van der Waals surface area contributed by atoms with Crippen LogP contribution in [0.2, 0.25) is 0 Å². The molecule has 0 saturated carbocycles. The van der Waals surface area contributed by atoms with Gasteiger partial charge in [0.2, 0.25) is 0 Å². The van der Waals surface area contributed by atoms with Gasteiger partial charge >= 0.3 is 0 Å². The molecule has 9 nitrogen and oxygen atoms in total. The molecule has 0 aliphatic rings. The average Bonchev–Trinajstić information content (AvgIpc) is 3.46. The first-order valence-electron chi connectivity index (χ1n) is 8.58. The molecule has 0 spiro atoms. The van der Waals surface area contributed by atoms with E-state index >= 15 is 0 Å². The van der Waals surface area contributed by atoms with Crippen LogP contribution in [0.3, 0.4) is 0 Å². The van der Waals surface area contributed by atoms with Gasteiger partial charge in [-0.2, -0.15) is 5.10 Å². The van der Waals surface area contributed by atoms with Crippen LogP contribution < -0.4 is 10.6 Å². The second-order valence-corrected chi connectivity index (χ2v) is 6.86. The molecule has 0 unspecified atom stereocenters. The van der Waals surface area contributed by atoms with Crippen LogP contribution in [-0.2, 0) is 0 Å². The number of aryl methyl sites for hydroxylation is 1. The van der Waals surface area contributed by atoms with E-state index in [1.165, 1.54) is 11.3 Å². The molecule has 0 aliphatic heterocycles. The van der Waals surface area contributed by atoms with E-state index in [0.29, 0.717) is 30.5 Å². The molecule has 4 rings (SSSR count). The molecule has 2 N–H and O–H groups in total. The van der Waals surface area contributed by atoms with Crippen molar-refractivity contribution in [3.8, 4) is 16.5 Å². The summed E-state index contributed by atoms with van der Waals surface area (Å²) in [4.78, 5) is 13.1. The van der Waals surface area contributed by atoms with Crippen LogP contribution in [0.15, 0.2) is 52.5 Å². The van der Waals surface area contributed by atoms with Crippen LogP contribution in [-0.4, -0.2) is 44.1 Å². The maximum Gasteiger partial charge on any atom is 0.273 e. The van der Waals surface area contributed by atoms with Crippen molar-refractivity contribution >= 4 is 23.1 Å². The molecule has 0 saturated heterocycles. The quantitative estimate of drug-likeness (QED) is 0.463. The number of nitrogens with one attached hydrogen (secondary N) is 2. The van der Waals surface area contributed by atoms with Crippen LogP contribution in [0.1, 0.15) is 16.2 Å². The predicted molar refractivity (Wildman–Crippen MR) is 105 cm³/mol. The highest BCUT2D eigenvalue weighted by Gasteiger charge is 2.13. The molecule has 0 aliphatic carbocycles. The van der Waals surface area contributed by atoms with Crippen molar-refractivity contribution in [2.75, 3.05) is 18.4 Å². The number of nitrogens with zero attached hydrogens (tertiary/aromatic N) is 5.